The maximum atomic E-state index is 2.37. The monoisotopic (exact) mass is 230 g/mol. The first kappa shape index (κ1) is 9.90. The van der Waals surface area contributed by atoms with E-state index >= 15 is 0 Å². The van der Waals surface area contributed by atoms with E-state index in [2.05, 4.69) is 72.9 Å². The van der Waals surface area contributed by atoms with E-state index < -0.39 is 0 Å². The Kier molecular flexibility index (Phi) is 1.90. The van der Waals surface area contributed by atoms with Gasteiger partial charge in [0.1, 0.15) is 0 Å². The van der Waals surface area contributed by atoms with E-state index in [0.717, 1.165) is 6.42 Å². The summed E-state index contributed by atoms with van der Waals surface area (Å²) in [6.07, 6.45) is 19.2. The third kappa shape index (κ3) is 1.15. The second kappa shape index (κ2) is 3.46. The van der Waals surface area contributed by atoms with Gasteiger partial charge in [-0.2, -0.15) is 0 Å². The zero-order valence-electron chi connectivity index (χ0n) is 10.1. The lowest BCUT2D eigenvalue weighted by atomic mass is 9.63. The molecule has 1 aromatic rings. The highest BCUT2D eigenvalue weighted by Gasteiger charge is 2.38. The van der Waals surface area contributed by atoms with Crippen LogP contribution in [0.1, 0.15) is 17.5 Å². The number of hydrogen-bond donors (Lipinski definition) is 0. The third-order valence-electron chi connectivity index (χ3n) is 4.07. The van der Waals surface area contributed by atoms with Gasteiger partial charge in [0.15, 0.2) is 0 Å². The molecular formula is C18H14. The predicted molar refractivity (Wildman–Crippen MR) is 76.9 cm³/mol. The summed E-state index contributed by atoms with van der Waals surface area (Å²) in [5.41, 5.74) is 5.53. The van der Waals surface area contributed by atoms with Crippen molar-refractivity contribution in [1.82, 2.24) is 0 Å². The Hall–Kier alpha value is -2.08. The molecule has 0 aromatic heterocycles. The number of allylic oxidation sites excluding steroid dienone is 9. The van der Waals surface area contributed by atoms with E-state index in [4.69, 9.17) is 0 Å². The number of fused-ring (bicyclic) bond motifs is 2. The minimum absolute atomic E-state index is 0.0125. The summed E-state index contributed by atoms with van der Waals surface area (Å²) >= 11 is 0. The van der Waals surface area contributed by atoms with Crippen LogP contribution in [0.3, 0.4) is 0 Å². The van der Waals surface area contributed by atoms with Gasteiger partial charge in [-0.05, 0) is 34.8 Å². The molecule has 3 aliphatic carbocycles. The van der Waals surface area contributed by atoms with Crippen LogP contribution in [0.15, 0.2) is 72.4 Å². The molecule has 0 amide bonds. The molecule has 0 fully saturated rings. The van der Waals surface area contributed by atoms with E-state index in [0.29, 0.717) is 0 Å². The van der Waals surface area contributed by atoms with Gasteiger partial charge in [0.05, 0.1) is 5.41 Å². The van der Waals surface area contributed by atoms with Gasteiger partial charge in [-0.25, -0.2) is 0 Å². The number of benzene rings is 1. The van der Waals surface area contributed by atoms with Crippen LogP contribution >= 0.6 is 0 Å². The highest BCUT2D eigenvalue weighted by molar-refractivity contribution is 5.90. The number of hydrogen-bond acceptors (Lipinski definition) is 0. The second-order valence-electron chi connectivity index (χ2n) is 5.03. The molecule has 0 heteroatoms. The molecule has 18 heavy (non-hydrogen) atoms. The summed E-state index contributed by atoms with van der Waals surface area (Å²) in [6.45, 7) is 0. The summed E-state index contributed by atoms with van der Waals surface area (Å²) in [5, 5.41) is 0. The molecule has 0 saturated carbocycles. The molecule has 0 aliphatic heterocycles. The normalized spacial score (nSPS) is 26.9. The predicted octanol–water partition coefficient (Wildman–Crippen LogP) is 4.54. The minimum Gasteiger partial charge on any atom is -0.0832 e. The summed E-state index contributed by atoms with van der Waals surface area (Å²) in [5.74, 6) is 0. The molecule has 0 saturated heterocycles. The van der Waals surface area contributed by atoms with Crippen LogP contribution in [0, 0.1) is 5.41 Å². The van der Waals surface area contributed by atoms with E-state index in [1.54, 1.807) is 0 Å². The Morgan fingerprint density at radius 2 is 1.94 bits per heavy atom. The molecule has 0 heterocycles. The van der Waals surface area contributed by atoms with Crippen LogP contribution in [-0.2, 0) is 0 Å². The van der Waals surface area contributed by atoms with Crippen LogP contribution in [0.25, 0.3) is 11.6 Å². The average Bonchev–Trinajstić information content (AvgIpc) is 2.44. The van der Waals surface area contributed by atoms with Crippen molar-refractivity contribution >= 4 is 11.6 Å². The van der Waals surface area contributed by atoms with E-state index in [-0.39, 0.29) is 5.41 Å². The largest absolute Gasteiger partial charge is 0.0832 e. The van der Waals surface area contributed by atoms with Crippen molar-refractivity contribution in [3.63, 3.8) is 0 Å². The third-order valence-corrected chi connectivity index (χ3v) is 4.07. The van der Waals surface area contributed by atoms with Gasteiger partial charge < -0.3 is 0 Å². The lowest BCUT2D eigenvalue weighted by Crippen LogP contribution is -2.25. The Bertz CT molecular complexity index is 665. The van der Waals surface area contributed by atoms with Crippen molar-refractivity contribution in [2.75, 3.05) is 0 Å². The van der Waals surface area contributed by atoms with E-state index in [1.807, 2.05) is 0 Å². The first-order valence-electron chi connectivity index (χ1n) is 6.46. The molecule has 0 N–H and O–H groups in total. The quantitative estimate of drug-likeness (QED) is 0.574. The van der Waals surface area contributed by atoms with Gasteiger partial charge in [0.2, 0.25) is 0 Å². The van der Waals surface area contributed by atoms with Gasteiger partial charge in [0.25, 0.3) is 0 Å². The zero-order chi connectivity index (χ0) is 12.0. The fourth-order valence-corrected chi connectivity index (χ4v) is 3.23. The summed E-state index contributed by atoms with van der Waals surface area (Å²) in [7, 11) is 0. The Morgan fingerprint density at radius 1 is 1.00 bits per heavy atom. The van der Waals surface area contributed by atoms with E-state index in [9.17, 15) is 0 Å². The molecular weight excluding hydrogens is 216 g/mol. The number of rotatable bonds is 0. The molecule has 1 spiro atoms. The van der Waals surface area contributed by atoms with Crippen molar-refractivity contribution in [1.29, 1.82) is 0 Å². The SMILES string of the molecule is C1=CC2=Cc3ccccc3C3=CCC=CC23C=C1. The van der Waals surface area contributed by atoms with Gasteiger partial charge >= 0.3 is 0 Å². The Morgan fingerprint density at radius 3 is 2.94 bits per heavy atom. The molecule has 1 unspecified atom stereocenters. The van der Waals surface area contributed by atoms with Crippen LogP contribution < -0.4 is 0 Å². The van der Waals surface area contributed by atoms with Crippen LogP contribution in [-0.4, -0.2) is 0 Å². The molecule has 86 valence electrons. The fraction of sp³-hybridized carbons (Fsp3) is 0.111. The van der Waals surface area contributed by atoms with Crippen LogP contribution in [0.2, 0.25) is 0 Å². The smallest absolute Gasteiger partial charge is 0.0569 e. The fourth-order valence-electron chi connectivity index (χ4n) is 3.23. The van der Waals surface area contributed by atoms with Gasteiger partial charge in [-0.1, -0.05) is 66.8 Å². The van der Waals surface area contributed by atoms with Crippen molar-refractivity contribution in [2.24, 2.45) is 5.41 Å². The highest BCUT2D eigenvalue weighted by atomic mass is 14.4. The Balaban J connectivity index is 2.07. The molecule has 0 radical (unpaired) electrons. The van der Waals surface area contributed by atoms with Crippen molar-refractivity contribution in [3.05, 3.63) is 83.5 Å². The molecule has 1 aromatic carbocycles. The van der Waals surface area contributed by atoms with Gasteiger partial charge in [-0.15, -0.1) is 0 Å². The van der Waals surface area contributed by atoms with Crippen molar-refractivity contribution in [3.8, 4) is 0 Å². The maximum absolute atomic E-state index is 2.37. The molecule has 4 rings (SSSR count). The highest BCUT2D eigenvalue weighted by Crippen LogP contribution is 2.52. The maximum Gasteiger partial charge on any atom is 0.0569 e. The van der Waals surface area contributed by atoms with Crippen molar-refractivity contribution in [2.45, 2.75) is 6.42 Å². The minimum atomic E-state index is -0.0125. The van der Waals surface area contributed by atoms with Crippen LogP contribution in [0.5, 0.6) is 0 Å². The first-order chi connectivity index (χ1) is 8.90. The second-order valence-corrected chi connectivity index (χ2v) is 5.03. The topological polar surface area (TPSA) is 0 Å². The van der Waals surface area contributed by atoms with Crippen molar-refractivity contribution < 1.29 is 0 Å². The molecule has 1 atom stereocenters. The van der Waals surface area contributed by atoms with Gasteiger partial charge in [-0.3, -0.25) is 0 Å². The van der Waals surface area contributed by atoms with E-state index in [1.165, 1.54) is 22.3 Å². The lowest BCUT2D eigenvalue weighted by Gasteiger charge is -2.39. The summed E-state index contributed by atoms with van der Waals surface area (Å²) < 4.78 is 0. The Labute approximate surface area is 107 Å². The zero-order valence-corrected chi connectivity index (χ0v) is 10.1. The summed E-state index contributed by atoms with van der Waals surface area (Å²) in [6, 6.07) is 8.69. The standard InChI is InChI=1S/C18H14/c1-2-9-16-14(7-1)13-15-8-3-5-11-18(15)12-6-4-10-17(16)18/h1-3,5-13H,4H2. The molecule has 0 bridgehead atoms. The molecule has 3 aliphatic rings. The average molecular weight is 230 g/mol. The van der Waals surface area contributed by atoms with Crippen LogP contribution in [0.4, 0.5) is 0 Å². The lowest BCUT2D eigenvalue weighted by molar-refractivity contribution is 0.777. The molecule has 0 nitrogen and oxygen atoms in total. The summed E-state index contributed by atoms with van der Waals surface area (Å²) in [4.78, 5) is 0. The van der Waals surface area contributed by atoms with Gasteiger partial charge in [0, 0.05) is 0 Å². The first-order valence-corrected chi connectivity index (χ1v) is 6.46.